The minimum atomic E-state index is -0.470. The molecule has 0 aliphatic carbocycles. The fourth-order valence-corrected chi connectivity index (χ4v) is 1.20. The number of halogens is 1. The summed E-state index contributed by atoms with van der Waals surface area (Å²) in [6.45, 7) is 0.0835. The van der Waals surface area contributed by atoms with Crippen LogP contribution < -0.4 is 11.1 Å². The molecule has 0 fully saturated rings. The Kier molecular flexibility index (Phi) is 3.88. The van der Waals surface area contributed by atoms with Crippen molar-refractivity contribution in [2.24, 2.45) is 5.73 Å². The van der Waals surface area contributed by atoms with Gasteiger partial charge in [-0.1, -0.05) is 23.8 Å². The molecule has 0 unspecified atom stereocenters. The first-order valence-electron chi connectivity index (χ1n) is 4.05. The highest BCUT2D eigenvalue weighted by molar-refractivity contribution is 7.80. The molecule has 0 radical (unpaired) electrons. The first-order valence-corrected chi connectivity index (χ1v) is 4.84. The van der Waals surface area contributed by atoms with E-state index in [1.54, 1.807) is 0 Å². The van der Waals surface area contributed by atoms with E-state index in [9.17, 15) is 9.90 Å². The van der Waals surface area contributed by atoms with E-state index in [-0.39, 0.29) is 22.8 Å². The van der Waals surface area contributed by atoms with Crippen LogP contribution in [0.25, 0.3) is 0 Å². The molecule has 1 aromatic carbocycles. The minimum Gasteiger partial charge on any atom is -0.507 e. The van der Waals surface area contributed by atoms with Gasteiger partial charge in [0.25, 0.3) is 5.91 Å². The topological polar surface area (TPSA) is 75.3 Å². The molecule has 0 aromatic heterocycles. The van der Waals surface area contributed by atoms with Crippen molar-refractivity contribution in [1.82, 2.24) is 5.32 Å². The number of phenolic OH excluding ortho intramolecular Hbond substituents is 1. The summed E-state index contributed by atoms with van der Waals surface area (Å²) in [5, 5.41) is 12.2. The first kappa shape index (κ1) is 11.7. The second kappa shape index (κ2) is 4.95. The third-order valence-corrected chi connectivity index (χ3v) is 2.01. The highest BCUT2D eigenvalue weighted by atomic mass is 35.5. The molecule has 0 aliphatic rings. The lowest BCUT2D eigenvalue weighted by Crippen LogP contribution is -2.32. The van der Waals surface area contributed by atoms with Gasteiger partial charge in [-0.3, -0.25) is 4.79 Å². The highest BCUT2D eigenvalue weighted by Gasteiger charge is 2.11. The molecule has 1 aromatic rings. The SMILES string of the molecule is NC(=S)CNC(=O)c1cc(Cl)ccc1O. The zero-order valence-corrected chi connectivity index (χ0v) is 9.23. The number of carbonyl (C=O) groups excluding carboxylic acids is 1. The maximum absolute atomic E-state index is 11.5. The quantitative estimate of drug-likeness (QED) is 0.695. The average Bonchev–Trinajstić information content (AvgIpc) is 2.18. The van der Waals surface area contributed by atoms with Gasteiger partial charge in [-0.05, 0) is 18.2 Å². The second-order valence-electron chi connectivity index (χ2n) is 2.81. The van der Waals surface area contributed by atoms with Gasteiger partial charge in [-0.15, -0.1) is 0 Å². The van der Waals surface area contributed by atoms with Crippen molar-refractivity contribution in [3.63, 3.8) is 0 Å². The standard InChI is InChI=1S/C9H9ClN2O2S/c10-5-1-2-7(13)6(3-5)9(14)12-4-8(11)15/h1-3,13H,4H2,(H2,11,15)(H,12,14). The molecule has 6 heteroatoms. The van der Waals surface area contributed by atoms with Gasteiger partial charge in [0.05, 0.1) is 17.1 Å². The van der Waals surface area contributed by atoms with Gasteiger partial charge in [0, 0.05) is 5.02 Å². The maximum atomic E-state index is 11.5. The van der Waals surface area contributed by atoms with Crippen LogP contribution in [0.5, 0.6) is 5.75 Å². The Morgan fingerprint density at radius 3 is 2.87 bits per heavy atom. The number of amides is 1. The van der Waals surface area contributed by atoms with E-state index in [1.807, 2.05) is 0 Å². The Morgan fingerprint density at radius 2 is 2.27 bits per heavy atom. The number of nitrogens with one attached hydrogen (secondary N) is 1. The van der Waals surface area contributed by atoms with E-state index in [1.165, 1.54) is 18.2 Å². The van der Waals surface area contributed by atoms with Crippen LogP contribution in [-0.4, -0.2) is 22.5 Å². The monoisotopic (exact) mass is 244 g/mol. The fraction of sp³-hybridized carbons (Fsp3) is 0.111. The Labute approximate surface area is 97.0 Å². The van der Waals surface area contributed by atoms with Crippen molar-refractivity contribution in [1.29, 1.82) is 0 Å². The second-order valence-corrected chi connectivity index (χ2v) is 3.77. The fourth-order valence-electron chi connectivity index (χ4n) is 0.953. The van der Waals surface area contributed by atoms with Gasteiger partial charge in [-0.2, -0.15) is 0 Å². The molecule has 80 valence electrons. The Hall–Kier alpha value is -1.33. The van der Waals surface area contributed by atoms with Gasteiger partial charge in [0.1, 0.15) is 5.75 Å². The van der Waals surface area contributed by atoms with Crippen LogP contribution in [0.1, 0.15) is 10.4 Å². The molecule has 0 aliphatic heterocycles. The molecule has 0 bridgehead atoms. The van der Waals surface area contributed by atoms with Crippen molar-refractivity contribution in [3.05, 3.63) is 28.8 Å². The number of benzene rings is 1. The number of aromatic hydroxyl groups is 1. The number of rotatable bonds is 3. The zero-order chi connectivity index (χ0) is 11.4. The van der Waals surface area contributed by atoms with E-state index < -0.39 is 5.91 Å². The highest BCUT2D eigenvalue weighted by Crippen LogP contribution is 2.20. The first-order chi connectivity index (χ1) is 7.00. The summed E-state index contributed by atoms with van der Waals surface area (Å²) >= 11 is 10.3. The molecule has 0 atom stereocenters. The number of carbonyl (C=O) groups is 1. The van der Waals surface area contributed by atoms with E-state index in [0.29, 0.717) is 5.02 Å². The van der Waals surface area contributed by atoms with Gasteiger partial charge < -0.3 is 16.2 Å². The smallest absolute Gasteiger partial charge is 0.255 e. The van der Waals surface area contributed by atoms with Gasteiger partial charge in [0.2, 0.25) is 0 Å². The molecule has 1 amide bonds. The lowest BCUT2D eigenvalue weighted by Gasteiger charge is -2.05. The van der Waals surface area contributed by atoms with Crippen molar-refractivity contribution >= 4 is 34.7 Å². The molecule has 15 heavy (non-hydrogen) atoms. The van der Waals surface area contributed by atoms with Crippen molar-refractivity contribution in [2.45, 2.75) is 0 Å². The molecule has 0 spiro atoms. The Morgan fingerprint density at radius 1 is 1.60 bits per heavy atom. The van der Waals surface area contributed by atoms with Crippen LogP contribution >= 0.6 is 23.8 Å². The van der Waals surface area contributed by atoms with Crippen LogP contribution in [-0.2, 0) is 0 Å². The molecular formula is C9H9ClN2O2S. The number of phenols is 1. The Bertz CT molecular complexity index is 409. The summed E-state index contributed by atoms with van der Waals surface area (Å²) < 4.78 is 0. The summed E-state index contributed by atoms with van der Waals surface area (Å²) in [6.07, 6.45) is 0. The number of hydrogen-bond acceptors (Lipinski definition) is 3. The number of nitrogens with two attached hydrogens (primary N) is 1. The molecule has 4 nitrogen and oxygen atoms in total. The lowest BCUT2D eigenvalue weighted by molar-refractivity contribution is 0.0957. The minimum absolute atomic E-state index is 0.0835. The average molecular weight is 245 g/mol. The normalized spacial score (nSPS) is 9.67. The van der Waals surface area contributed by atoms with Crippen LogP contribution in [0.2, 0.25) is 5.02 Å². The molecular weight excluding hydrogens is 236 g/mol. The maximum Gasteiger partial charge on any atom is 0.255 e. The number of thiocarbonyl (C=S) groups is 1. The molecule has 4 N–H and O–H groups in total. The van der Waals surface area contributed by atoms with Crippen LogP contribution in [0, 0.1) is 0 Å². The Balaban J connectivity index is 2.81. The molecule has 0 saturated carbocycles. The van der Waals surface area contributed by atoms with Crippen molar-refractivity contribution in [2.75, 3.05) is 6.54 Å². The summed E-state index contributed by atoms with van der Waals surface area (Å²) in [4.78, 5) is 11.6. The summed E-state index contributed by atoms with van der Waals surface area (Å²) in [5.41, 5.74) is 5.31. The van der Waals surface area contributed by atoms with Crippen LogP contribution in [0.15, 0.2) is 18.2 Å². The van der Waals surface area contributed by atoms with Crippen LogP contribution in [0.4, 0.5) is 0 Å². The third-order valence-electron chi connectivity index (χ3n) is 1.63. The summed E-state index contributed by atoms with van der Waals surface area (Å²) in [6, 6.07) is 4.20. The van der Waals surface area contributed by atoms with E-state index in [4.69, 9.17) is 17.3 Å². The third kappa shape index (κ3) is 3.38. The lowest BCUT2D eigenvalue weighted by atomic mass is 10.2. The molecule has 0 heterocycles. The predicted molar refractivity (Wildman–Crippen MR) is 62.2 cm³/mol. The summed E-state index contributed by atoms with van der Waals surface area (Å²) in [5.74, 6) is -0.609. The van der Waals surface area contributed by atoms with Crippen molar-refractivity contribution < 1.29 is 9.90 Å². The van der Waals surface area contributed by atoms with Gasteiger partial charge in [0.15, 0.2) is 0 Å². The largest absolute Gasteiger partial charge is 0.507 e. The van der Waals surface area contributed by atoms with Crippen LogP contribution in [0.3, 0.4) is 0 Å². The van der Waals surface area contributed by atoms with Gasteiger partial charge >= 0.3 is 0 Å². The molecule has 0 saturated heterocycles. The van der Waals surface area contributed by atoms with E-state index >= 15 is 0 Å². The zero-order valence-electron chi connectivity index (χ0n) is 7.66. The van der Waals surface area contributed by atoms with Crippen molar-refractivity contribution in [3.8, 4) is 5.75 Å². The van der Waals surface area contributed by atoms with E-state index in [0.717, 1.165) is 0 Å². The number of hydrogen-bond donors (Lipinski definition) is 3. The van der Waals surface area contributed by atoms with E-state index in [2.05, 4.69) is 17.5 Å². The van der Waals surface area contributed by atoms with Gasteiger partial charge in [-0.25, -0.2) is 0 Å². The summed E-state index contributed by atoms with van der Waals surface area (Å²) in [7, 11) is 0. The molecule has 1 rings (SSSR count). The predicted octanol–water partition coefficient (Wildman–Crippen LogP) is 1.06.